The van der Waals surface area contributed by atoms with E-state index in [1.54, 1.807) is 0 Å². The van der Waals surface area contributed by atoms with Crippen LogP contribution in [0.1, 0.15) is 40.5 Å². The molecule has 0 heterocycles. The second-order valence-corrected chi connectivity index (χ2v) is 4.61. The summed E-state index contributed by atoms with van der Waals surface area (Å²) in [6.07, 6.45) is 2.81. The van der Waals surface area contributed by atoms with E-state index in [1.165, 1.54) is 12.8 Å². The van der Waals surface area contributed by atoms with Crippen molar-refractivity contribution < 1.29 is 0 Å². The third-order valence-corrected chi connectivity index (χ3v) is 3.09. The van der Waals surface area contributed by atoms with Crippen LogP contribution >= 0.6 is 0 Å². The average Bonchev–Trinajstić information content (AvgIpc) is 2.24. The van der Waals surface area contributed by atoms with E-state index in [-0.39, 0.29) is 0 Å². The lowest BCUT2D eigenvalue weighted by atomic mass is 9.93. The number of nitrogens with two attached hydrogens (primary N) is 1. The van der Waals surface area contributed by atoms with E-state index in [0.717, 1.165) is 19.6 Å². The van der Waals surface area contributed by atoms with E-state index < -0.39 is 0 Å². The van der Waals surface area contributed by atoms with Crippen LogP contribution in [0.5, 0.6) is 0 Å². The van der Waals surface area contributed by atoms with Crippen molar-refractivity contribution in [2.45, 2.75) is 46.7 Å². The summed E-state index contributed by atoms with van der Waals surface area (Å²) in [4.78, 5) is 0. The van der Waals surface area contributed by atoms with Crippen LogP contribution in [0.4, 0.5) is 0 Å². The van der Waals surface area contributed by atoms with Crippen LogP contribution < -0.4 is 16.4 Å². The summed E-state index contributed by atoms with van der Waals surface area (Å²) in [7, 11) is 0. The lowest BCUT2D eigenvalue weighted by Gasteiger charge is -2.20. The molecular weight excluding hydrogens is 186 g/mol. The fraction of sp³-hybridized carbons (Fsp3) is 1.00. The Hall–Kier alpha value is -0.120. The molecule has 4 N–H and O–H groups in total. The second kappa shape index (κ2) is 9.13. The molecule has 0 bridgehead atoms. The lowest BCUT2D eigenvalue weighted by molar-refractivity contribution is 0.348. The van der Waals surface area contributed by atoms with E-state index >= 15 is 0 Å². The van der Waals surface area contributed by atoms with Gasteiger partial charge in [-0.1, -0.05) is 20.8 Å². The van der Waals surface area contributed by atoms with Gasteiger partial charge in [0, 0.05) is 0 Å². The van der Waals surface area contributed by atoms with E-state index in [2.05, 4.69) is 38.3 Å². The van der Waals surface area contributed by atoms with Gasteiger partial charge in [0.25, 0.3) is 0 Å². The molecule has 0 rings (SSSR count). The zero-order valence-corrected chi connectivity index (χ0v) is 10.8. The van der Waals surface area contributed by atoms with Crippen molar-refractivity contribution in [3.63, 3.8) is 0 Å². The Balaban J connectivity index is 3.43. The lowest BCUT2D eigenvalue weighted by Crippen LogP contribution is -2.41. The van der Waals surface area contributed by atoms with E-state index in [4.69, 9.17) is 5.73 Å². The smallest absolute Gasteiger partial charge is 0.0542 e. The molecule has 3 unspecified atom stereocenters. The Morgan fingerprint density at radius 3 is 2.13 bits per heavy atom. The van der Waals surface area contributed by atoms with Gasteiger partial charge in [0.15, 0.2) is 0 Å². The molecule has 0 saturated carbocycles. The Morgan fingerprint density at radius 1 is 1.00 bits per heavy atom. The highest BCUT2D eigenvalue weighted by Gasteiger charge is 2.10. The monoisotopic (exact) mass is 215 g/mol. The van der Waals surface area contributed by atoms with Crippen LogP contribution in [0.2, 0.25) is 0 Å². The zero-order chi connectivity index (χ0) is 11.7. The van der Waals surface area contributed by atoms with Crippen molar-refractivity contribution in [3.8, 4) is 0 Å². The third-order valence-electron chi connectivity index (χ3n) is 3.09. The highest BCUT2D eigenvalue weighted by molar-refractivity contribution is 4.65. The Labute approximate surface area is 95.2 Å². The average molecular weight is 215 g/mol. The molecule has 3 atom stereocenters. The van der Waals surface area contributed by atoms with Crippen molar-refractivity contribution in [1.82, 2.24) is 10.6 Å². The molecule has 0 aliphatic rings. The van der Waals surface area contributed by atoms with Gasteiger partial charge in [-0.2, -0.15) is 0 Å². The van der Waals surface area contributed by atoms with Crippen molar-refractivity contribution in [2.75, 3.05) is 19.6 Å². The topological polar surface area (TPSA) is 50.1 Å². The van der Waals surface area contributed by atoms with E-state index in [1.807, 2.05) is 0 Å². The van der Waals surface area contributed by atoms with Gasteiger partial charge in [-0.3, -0.25) is 0 Å². The first-order valence-electron chi connectivity index (χ1n) is 6.28. The van der Waals surface area contributed by atoms with Gasteiger partial charge in [0.2, 0.25) is 0 Å². The van der Waals surface area contributed by atoms with Gasteiger partial charge in [-0.05, 0) is 51.2 Å². The molecule has 0 radical (unpaired) electrons. The van der Waals surface area contributed by atoms with Gasteiger partial charge in [-0.15, -0.1) is 0 Å². The zero-order valence-electron chi connectivity index (χ0n) is 10.8. The SMILES string of the molecule is CCCNC(C)NCCC(C)C(C)CN. The Kier molecular flexibility index (Phi) is 9.06. The molecule has 0 aromatic rings. The van der Waals surface area contributed by atoms with Crippen molar-refractivity contribution in [2.24, 2.45) is 17.6 Å². The van der Waals surface area contributed by atoms with Crippen LogP contribution in [-0.2, 0) is 0 Å². The maximum Gasteiger partial charge on any atom is 0.0542 e. The first-order valence-corrected chi connectivity index (χ1v) is 6.28. The summed E-state index contributed by atoms with van der Waals surface area (Å²) >= 11 is 0. The second-order valence-electron chi connectivity index (χ2n) is 4.61. The predicted molar refractivity (Wildman–Crippen MR) is 67.8 cm³/mol. The number of nitrogens with one attached hydrogen (secondary N) is 2. The molecule has 0 aliphatic carbocycles. The standard InChI is InChI=1S/C12H29N3/c1-5-7-14-12(4)15-8-6-10(2)11(3)9-13/h10-12,14-15H,5-9,13H2,1-4H3. The fourth-order valence-corrected chi connectivity index (χ4v) is 1.48. The summed E-state index contributed by atoms with van der Waals surface area (Å²) in [6.45, 7) is 11.8. The quantitative estimate of drug-likeness (QED) is 0.511. The maximum absolute atomic E-state index is 5.64. The van der Waals surface area contributed by atoms with Gasteiger partial charge in [-0.25, -0.2) is 0 Å². The molecule has 0 spiro atoms. The van der Waals surface area contributed by atoms with Gasteiger partial charge >= 0.3 is 0 Å². The summed E-state index contributed by atoms with van der Waals surface area (Å²) < 4.78 is 0. The van der Waals surface area contributed by atoms with Gasteiger partial charge < -0.3 is 16.4 Å². The van der Waals surface area contributed by atoms with Crippen LogP contribution in [0.15, 0.2) is 0 Å². The highest BCUT2D eigenvalue weighted by Crippen LogP contribution is 2.12. The molecule has 0 aromatic carbocycles. The molecule has 3 heteroatoms. The summed E-state index contributed by atoms with van der Waals surface area (Å²) in [5.41, 5.74) is 5.64. The van der Waals surface area contributed by atoms with Crippen LogP contribution in [0.25, 0.3) is 0 Å². The molecule has 0 amide bonds. The predicted octanol–water partition coefficient (Wildman–Crippen LogP) is 1.54. The molecule has 0 aromatic heterocycles. The minimum absolute atomic E-state index is 0.422. The summed E-state index contributed by atoms with van der Waals surface area (Å²) in [5, 5.41) is 6.89. The van der Waals surface area contributed by atoms with Crippen LogP contribution in [0.3, 0.4) is 0 Å². The molecule has 0 saturated heterocycles. The molecule has 92 valence electrons. The molecule has 0 fully saturated rings. The third kappa shape index (κ3) is 7.77. The minimum atomic E-state index is 0.422. The van der Waals surface area contributed by atoms with Crippen LogP contribution in [0, 0.1) is 11.8 Å². The fourth-order valence-electron chi connectivity index (χ4n) is 1.48. The van der Waals surface area contributed by atoms with Gasteiger partial charge in [0.05, 0.1) is 6.17 Å². The Morgan fingerprint density at radius 2 is 1.60 bits per heavy atom. The van der Waals surface area contributed by atoms with E-state index in [9.17, 15) is 0 Å². The highest BCUT2D eigenvalue weighted by atomic mass is 15.1. The first-order chi connectivity index (χ1) is 7.11. The molecule has 15 heavy (non-hydrogen) atoms. The Bertz CT molecular complexity index is 139. The molecule has 0 aliphatic heterocycles. The summed E-state index contributed by atoms with van der Waals surface area (Å²) in [6, 6.07) is 0. The number of rotatable bonds is 9. The molecular formula is C12H29N3. The van der Waals surface area contributed by atoms with Crippen molar-refractivity contribution in [3.05, 3.63) is 0 Å². The first kappa shape index (κ1) is 14.9. The number of hydrogen-bond donors (Lipinski definition) is 3. The minimum Gasteiger partial charge on any atom is -0.330 e. The largest absolute Gasteiger partial charge is 0.330 e. The van der Waals surface area contributed by atoms with Crippen LogP contribution in [-0.4, -0.2) is 25.8 Å². The maximum atomic E-state index is 5.64. The van der Waals surface area contributed by atoms with Crippen molar-refractivity contribution in [1.29, 1.82) is 0 Å². The number of hydrogen-bond acceptors (Lipinski definition) is 3. The normalized spacial score (nSPS) is 17.4. The summed E-state index contributed by atoms with van der Waals surface area (Å²) in [5.74, 6) is 1.34. The van der Waals surface area contributed by atoms with Gasteiger partial charge in [0.1, 0.15) is 0 Å². The molecule has 3 nitrogen and oxygen atoms in total. The van der Waals surface area contributed by atoms with E-state index in [0.29, 0.717) is 18.0 Å². The van der Waals surface area contributed by atoms with Crippen molar-refractivity contribution >= 4 is 0 Å².